The van der Waals surface area contributed by atoms with Crippen LogP contribution >= 0.6 is 23.1 Å². The maximum Gasteiger partial charge on any atom is 0.350 e. The SMILES string of the molecule is COc1cccc2cc(Sc3nc4ccccc4s3)c(=O)oc12. The molecular weight excluding hydrogens is 330 g/mol. The number of aromatic nitrogens is 1. The molecule has 4 nitrogen and oxygen atoms in total. The summed E-state index contributed by atoms with van der Waals surface area (Å²) in [6.07, 6.45) is 0. The van der Waals surface area contributed by atoms with E-state index in [0.29, 0.717) is 16.2 Å². The van der Waals surface area contributed by atoms with Crippen molar-refractivity contribution in [2.75, 3.05) is 7.11 Å². The van der Waals surface area contributed by atoms with Crippen molar-refractivity contribution >= 4 is 44.3 Å². The Morgan fingerprint density at radius 2 is 2.04 bits per heavy atom. The van der Waals surface area contributed by atoms with Crippen LogP contribution in [0.4, 0.5) is 0 Å². The third kappa shape index (κ3) is 2.60. The molecule has 0 bridgehead atoms. The smallest absolute Gasteiger partial charge is 0.350 e. The van der Waals surface area contributed by atoms with Gasteiger partial charge in [0, 0.05) is 5.39 Å². The third-order valence-corrected chi connectivity index (χ3v) is 5.48. The minimum atomic E-state index is -0.383. The quantitative estimate of drug-likeness (QED) is 0.511. The number of hydrogen-bond donors (Lipinski definition) is 0. The molecule has 0 aliphatic carbocycles. The van der Waals surface area contributed by atoms with Gasteiger partial charge >= 0.3 is 5.63 Å². The largest absolute Gasteiger partial charge is 0.493 e. The van der Waals surface area contributed by atoms with E-state index in [2.05, 4.69) is 4.98 Å². The van der Waals surface area contributed by atoms with Crippen molar-refractivity contribution in [1.82, 2.24) is 4.98 Å². The lowest BCUT2D eigenvalue weighted by molar-refractivity contribution is 0.405. The van der Waals surface area contributed by atoms with Gasteiger partial charge in [-0.3, -0.25) is 0 Å². The Bertz CT molecular complexity index is 1040. The number of nitrogens with zero attached hydrogens (tertiary/aromatic N) is 1. The van der Waals surface area contributed by atoms with Gasteiger partial charge in [-0.15, -0.1) is 11.3 Å². The summed E-state index contributed by atoms with van der Waals surface area (Å²) in [5.41, 5.74) is 1.02. The van der Waals surface area contributed by atoms with Gasteiger partial charge < -0.3 is 9.15 Å². The van der Waals surface area contributed by atoms with E-state index in [4.69, 9.17) is 9.15 Å². The number of rotatable bonds is 3. The molecule has 114 valence electrons. The first kappa shape index (κ1) is 14.3. The van der Waals surface area contributed by atoms with Crippen molar-refractivity contribution in [2.24, 2.45) is 0 Å². The zero-order valence-electron chi connectivity index (χ0n) is 12.1. The second-order valence-corrected chi connectivity index (χ2v) is 7.15. The van der Waals surface area contributed by atoms with E-state index in [1.807, 2.05) is 42.5 Å². The van der Waals surface area contributed by atoms with Crippen molar-refractivity contribution in [3.05, 3.63) is 59.0 Å². The van der Waals surface area contributed by atoms with E-state index >= 15 is 0 Å². The minimum absolute atomic E-state index is 0.383. The molecular formula is C17H11NO3S2. The Morgan fingerprint density at radius 1 is 1.17 bits per heavy atom. The Hall–Kier alpha value is -2.31. The predicted molar refractivity (Wildman–Crippen MR) is 92.8 cm³/mol. The van der Waals surface area contributed by atoms with Crippen molar-refractivity contribution in [2.45, 2.75) is 9.24 Å². The van der Waals surface area contributed by atoms with Gasteiger partial charge in [-0.2, -0.15) is 0 Å². The van der Waals surface area contributed by atoms with Crippen molar-refractivity contribution in [1.29, 1.82) is 0 Å². The van der Waals surface area contributed by atoms with Crippen molar-refractivity contribution < 1.29 is 9.15 Å². The Balaban J connectivity index is 1.79. The van der Waals surface area contributed by atoms with Crippen molar-refractivity contribution in [3.8, 4) is 5.75 Å². The second kappa shape index (κ2) is 5.72. The summed E-state index contributed by atoms with van der Waals surface area (Å²) in [7, 11) is 1.55. The summed E-state index contributed by atoms with van der Waals surface area (Å²) in [6.45, 7) is 0. The summed E-state index contributed by atoms with van der Waals surface area (Å²) >= 11 is 2.89. The van der Waals surface area contributed by atoms with Crippen LogP contribution in [0.2, 0.25) is 0 Å². The standard InChI is InChI=1S/C17H11NO3S2/c1-20-12-7-4-5-10-9-14(16(19)21-15(10)12)23-17-18-11-6-2-3-8-13(11)22-17/h2-9H,1H3. The zero-order valence-corrected chi connectivity index (χ0v) is 13.7. The number of fused-ring (bicyclic) bond motifs is 2. The summed E-state index contributed by atoms with van der Waals surface area (Å²) in [4.78, 5) is 17.3. The number of methoxy groups -OCH3 is 1. The van der Waals surface area contributed by atoms with Gasteiger partial charge in [-0.1, -0.05) is 36.0 Å². The summed E-state index contributed by atoms with van der Waals surface area (Å²) in [5, 5.41) is 0.826. The van der Waals surface area contributed by atoms with Gasteiger partial charge in [-0.05, 0) is 24.3 Å². The van der Waals surface area contributed by atoms with Crippen LogP contribution in [0, 0.1) is 0 Å². The predicted octanol–water partition coefficient (Wildman–Crippen LogP) is 4.56. The maximum atomic E-state index is 12.3. The highest BCUT2D eigenvalue weighted by Gasteiger charge is 2.12. The lowest BCUT2D eigenvalue weighted by Gasteiger charge is -2.04. The molecule has 0 saturated carbocycles. The van der Waals surface area contributed by atoms with Crippen LogP contribution in [0.1, 0.15) is 0 Å². The average molecular weight is 341 g/mol. The molecule has 4 rings (SSSR count). The van der Waals surface area contributed by atoms with Gasteiger partial charge in [0.1, 0.15) is 4.90 Å². The van der Waals surface area contributed by atoms with Crippen LogP contribution < -0.4 is 10.4 Å². The van der Waals surface area contributed by atoms with Gasteiger partial charge in [0.25, 0.3) is 0 Å². The molecule has 0 aliphatic rings. The van der Waals surface area contributed by atoms with Crippen LogP contribution in [0.25, 0.3) is 21.2 Å². The lowest BCUT2D eigenvalue weighted by atomic mass is 10.2. The van der Waals surface area contributed by atoms with Crippen LogP contribution in [0.15, 0.2) is 67.0 Å². The Morgan fingerprint density at radius 3 is 2.87 bits per heavy atom. The molecule has 0 fully saturated rings. The maximum absolute atomic E-state index is 12.3. The Labute approximate surface area is 139 Å². The van der Waals surface area contributed by atoms with Gasteiger partial charge in [0.05, 0.1) is 17.3 Å². The molecule has 0 aliphatic heterocycles. The molecule has 0 unspecified atom stereocenters. The zero-order chi connectivity index (χ0) is 15.8. The Kier molecular flexibility index (Phi) is 3.55. The number of hydrogen-bond acceptors (Lipinski definition) is 6. The summed E-state index contributed by atoms with van der Waals surface area (Å²) in [5.74, 6) is 0.552. The van der Waals surface area contributed by atoms with Crippen LogP contribution in [0.3, 0.4) is 0 Å². The average Bonchev–Trinajstić information content (AvgIpc) is 2.97. The molecule has 6 heteroatoms. The number of para-hydroxylation sites is 2. The first-order valence-electron chi connectivity index (χ1n) is 6.89. The van der Waals surface area contributed by atoms with Crippen LogP contribution in [0.5, 0.6) is 5.75 Å². The van der Waals surface area contributed by atoms with E-state index in [1.165, 1.54) is 11.8 Å². The monoisotopic (exact) mass is 341 g/mol. The fourth-order valence-electron chi connectivity index (χ4n) is 2.32. The fraction of sp³-hybridized carbons (Fsp3) is 0.0588. The normalized spacial score (nSPS) is 11.2. The summed E-state index contributed by atoms with van der Waals surface area (Å²) in [6, 6.07) is 15.3. The highest BCUT2D eigenvalue weighted by molar-refractivity contribution is 8.01. The van der Waals surface area contributed by atoms with Gasteiger partial charge in [0.15, 0.2) is 15.7 Å². The van der Waals surface area contributed by atoms with E-state index < -0.39 is 0 Å². The highest BCUT2D eigenvalue weighted by Crippen LogP contribution is 2.34. The minimum Gasteiger partial charge on any atom is -0.493 e. The topological polar surface area (TPSA) is 52.3 Å². The molecule has 23 heavy (non-hydrogen) atoms. The van der Waals surface area contributed by atoms with E-state index in [0.717, 1.165) is 19.9 Å². The molecule has 2 aromatic heterocycles. The molecule has 0 radical (unpaired) electrons. The number of ether oxygens (including phenoxy) is 1. The molecule has 0 saturated heterocycles. The van der Waals surface area contributed by atoms with Crippen LogP contribution in [-0.2, 0) is 0 Å². The molecule has 0 N–H and O–H groups in total. The van der Waals surface area contributed by atoms with Crippen LogP contribution in [-0.4, -0.2) is 12.1 Å². The highest BCUT2D eigenvalue weighted by atomic mass is 32.2. The number of thiazole rings is 1. The van der Waals surface area contributed by atoms with E-state index in [1.54, 1.807) is 24.5 Å². The molecule has 4 aromatic rings. The fourth-order valence-corrected chi connectivity index (χ4v) is 4.36. The van der Waals surface area contributed by atoms with Gasteiger partial charge in [-0.25, -0.2) is 9.78 Å². The van der Waals surface area contributed by atoms with Gasteiger partial charge in [0.2, 0.25) is 0 Å². The first-order chi connectivity index (χ1) is 11.2. The van der Waals surface area contributed by atoms with E-state index in [-0.39, 0.29) is 5.63 Å². The molecule has 2 aromatic carbocycles. The first-order valence-corrected chi connectivity index (χ1v) is 8.52. The third-order valence-electron chi connectivity index (χ3n) is 3.38. The second-order valence-electron chi connectivity index (χ2n) is 4.83. The number of benzene rings is 2. The molecule has 0 spiro atoms. The molecule has 0 atom stereocenters. The van der Waals surface area contributed by atoms with E-state index in [9.17, 15) is 4.79 Å². The molecule has 0 amide bonds. The molecule has 2 heterocycles. The summed E-state index contributed by atoms with van der Waals surface area (Å²) < 4.78 is 12.6. The van der Waals surface area contributed by atoms with Crippen molar-refractivity contribution in [3.63, 3.8) is 0 Å². The lowest BCUT2D eigenvalue weighted by Crippen LogP contribution is -2.02.